The molecule has 1 N–H and O–H groups in total. The number of fused-ring (bicyclic) bond motifs is 1. The third kappa shape index (κ3) is 5.79. The molecule has 4 rings (SSSR count). The molecule has 4 aromatic rings. The number of nitrogens with one attached hydrogen (secondary N) is 1. The smallest absolute Gasteiger partial charge is 0.268 e. The summed E-state index contributed by atoms with van der Waals surface area (Å²) in [6.07, 6.45) is 5.15. The van der Waals surface area contributed by atoms with E-state index in [-0.39, 0.29) is 15.9 Å². The van der Waals surface area contributed by atoms with E-state index in [1.807, 2.05) is 67.7 Å². The number of hydrogen-bond acceptors (Lipinski definition) is 8. The van der Waals surface area contributed by atoms with Gasteiger partial charge in [-0.05, 0) is 37.1 Å². The zero-order valence-corrected chi connectivity index (χ0v) is 21.3. The van der Waals surface area contributed by atoms with Crippen LogP contribution >= 0.6 is 11.5 Å². The highest BCUT2D eigenvalue weighted by molar-refractivity contribution is 7.90. The molecule has 0 bridgehead atoms. The Morgan fingerprint density at radius 2 is 1.97 bits per heavy atom. The number of amides is 1. The SMILES string of the molecule is Cc1ccccc1OCCCn1cc(/C=C(/C#N)C(=O)Nc2nc(S(C)(=O)=O)ns2)c2ccccc21. The summed E-state index contributed by atoms with van der Waals surface area (Å²) >= 11 is 0.731. The fraction of sp³-hybridized carbons (Fsp3) is 0.200. The minimum Gasteiger partial charge on any atom is -0.493 e. The molecular formula is C25H23N5O4S2. The average Bonchev–Trinajstić information content (AvgIpc) is 3.46. The molecule has 0 aliphatic rings. The van der Waals surface area contributed by atoms with E-state index in [0.717, 1.165) is 46.4 Å². The molecule has 2 heterocycles. The number of ether oxygens (including phenoxy) is 1. The molecule has 0 atom stereocenters. The van der Waals surface area contributed by atoms with E-state index < -0.39 is 15.7 Å². The fourth-order valence-corrected chi connectivity index (χ4v) is 5.03. The third-order valence-corrected chi connectivity index (χ3v) is 6.93. The van der Waals surface area contributed by atoms with Gasteiger partial charge in [0.25, 0.3) is 11.1 Å². The summed E-state index contributed by atoms with van der Waals surface area (Å²) in [6.45, 7) is 3.24. The van der Waals surface area contributed by atoms with E-state index in [1.165, 1.54) is 6.08 Å². The number of benzene rings is 2. The molecule has 36 heavy (non-hydrogen) atoms. The van der Waals surface area contributed by atoms with Crippen LogP contribution in [0.25, 0.3) is 17.0 Å². The lowest BCUT2D eigenvalue weighted by atomic mass is 10.1. The van der Waals surface area contributed by atoms with Crippen LogP contribution in [0.2, 0.25) is 0 Å². The van der Waals surface area contributed by atoms with Crippen LogP contribution in [0.4, 0.5) is 5.13 Å². The van der Waals surface area contributed by atoms with Crippen LogP contribution in [0.1, 0.15) is 17.5 Å². The summed E-state index contributed by atoms with van der Waals surface area (Å²) in [7, 11) is -3.60. The van der Waals surface area contributed by atoms with Crippen molar-refractivity contribution in [1.29, 1.82) is 5.26 Å². The van der Waals surface area contributed by atoms with E-state index in [9.17, 15) is 18.5 Å². The minimum atomic E-state index is -3.60. The lowest BCUT2D eigenvalue weighted by molar-refractivity contribution is -0.112. The number of hydrogen-bond donors (Lipinski definition) is 1. The molecule has 1 amide bonds. The van der Waals surface area contributed by atoms with Crippen molar-refractivity contribution in [2.75, 3.05) is 18.2 Å². The average molecular weight is 522 g/mol. The number of nitriles is 1. The van der Waals surface area contributed by atoms with Crippen LogP contribution in [-0.2, 0) is 21.2 Å². The van der Waals surface area contributed by atoms with Gasteiger partial charge in [0.15, 0.2) is 0 Å². The van der Waals surface area contributed by atoms with Gasteiger partial charge in [0.05, 0.1) is 6.61 Å². The predicted molar refractivity (Wildman–Crippen MR) is 138 cm³/mol. The molecule has 2 aromatic heterocycles. The maximum Gasteiger partial charge on any atom is 0.268 e. The van der Waals surface area contributed by atoms with Crippen molar-refractivity contribution in [3.05, 3.63) is 71.4 Å². The van der Waals surface area contributed by atoms with Gasteiger partial charge in [-0.1, -0.05) is 36.4 Å². The van der Waals surface area contributed by atoms with E-state index in [0.29, 0.717) is 18.7 Å². The largest absolute Gasteiger partial charge is 0.493 e. The highest BCUT2D eigenvalue weighted by Crippen LogP contribution is 2.25. The van der Waals surface area contributed by atoms with Gasteiger partial charge < -0.3 is 9.30 Å². The van der Waals surface area contributed by atoms with Crippen molar-refractivity contribution in [3.8, 4) is 11.8 Å². The Hall–Kier alpha value is -4.01. The zero-order valence-electron chi connectivity index (χ0n) is 19.6. The van der Waals surface area contributed by atoms with Gasteiger partial charge in [0, 0.05) is 47.0 Å². The molecule has 0 aliphatic carbocycles. The Kier molecular flexibility index (Phi) is 7.47. The lowest BCUT2D eigenvalue weighted by Crippen LogP contribution is -2.13. The molecule has 11 heteroatoms. The highest BCUT2D eigenvalue weighted by Gasteiger charge is 2.18. The number of carbonyl (C=O) groups is 1. The van der Waals surface area contributed by atoms with E-state index in [4.69, 9.17) is 4.74 Å². The van der Waals surface area contributed by atoms with Gasteiger partial charge in [0.1, 0.15) is 17.4 Å². The zero-order chi connectivity index (χ0) is 25.7. The summed E-state index contributed by atoms with van der Waals surface area (Å²) in [5, 5.41) is 12.6. The second-order valence-electron chi connectivity index (χ2n) is 8.04. The number of nitrogens with zero attached hydrogens (tertiary/aromatic N) is 4. The molecule has 0 unspecified atom stereocenters. The van der Waals surface area contributed by atoms with Gasteiger partial charge in [-0.15, -0.1) is 0 Å². The Bertz CT molecular complexity index is 1600. The van der Waals surface area contributed by atoms with E-state index >= 15 is 0 Å². The van der Waals surface area contributed by atoms with Crippen molar-refractivity contribution < 1.29 is 17.9 Å². The first-order chi connectivity index (χ1) is 17.3. The van der Waals surface area contributed by atoms with Crippen LogP contribution in [-0.4, -0.2) is 41.1 Å². The van der Waals surface area contributed by atoms with Crippen molar-refractivity contribution in [2.24, 2.45) is 0 Å². The number of aromatic nitrogens is 3. The van der Waals surface area contributed by atoms with E-state index in [2.05, 4.69) is 19.2 Å². The standard InChI is InChI=1S/C25H23N5O4S2/c1-17-8-3-6-11-22(17)34-13-7-12-30-16-19(20-9-4-5-10-21(20)30)14-18(15-26)23(31)27-24-28-25(29-35-24)36(2,32)33/h3-6,8-11,14,16H,7,12-13H2,1-2H3,(H,27,28,29,31)/b18-14-. The predicted octanol–water partition coefficient (Wildman–Crippen LogP) is 4.22. The highest BCUT2D eigenvalue weighted by atomic mass is 32.2. The Balaban J connectivity index is 1.50. The number of anilines is 1. The van der Waals surface area contributed by atoms with Crippen LogP contribution in [0.3, 0.4) is 0 Å². The summed E-state index contributed by atoms with van der Waals surface area (Å²) in [6, 6.07) is 17.5. The first-order valence-electron chi connectivity index (χ1n) is 11.0. The fourth-order valence-electron chi connectivity index (χ4n) is 3.59. The van der Waals surface area contributed by atoms with Gasteiger partial charge in [-0.25, -0.2) is 8.42 Å². The number of carbonyl (C=O) groups excluding carboxylic acids is 1. The molecule has 0 aliphatic heterocycles. The second-order valence-corrected chi connectivity index (χ2v) is 10.7. The summed E-state index contributed by atoms with van der Waals surface area (Å²) in [5.41, 5.74) is 2.63. The molecule has 0 fully saturated rings. The number of rotatable bonds is 9. The van der Waals surface area contributed by atoms with Gasteiger partial charge in [0.2, 0.25) is 15.0 Å². The van der Waals surface area contributed by atoms with Crippen LogP contribution in [0.15, 0.2) is 65.5 Å². The van der Waals surface area contributed by atoms with E-state index in [1.54, 1.807) is 0 Å². The maximum absolute atomic E-state index is 12.7. The molecule has 2 aromatic carbocycles. The van der Waals surface area contributed by atoms with Crippen LogP contribution in [0.5, 0.6) is 5.75 Å². The quantitative estimate of drug-likeness (QED) is 0.198. The molecule has 0 spiro atoms. The molecular weight excluding hydrogens is 498 g/mol. The maximum atomic E-state index is 12.7. The minimum absolute atomic E-state index is 0.00217. The summed E-state index contributed by atoms with van der Waals surface area (Å²) in [4.78, 5) is 16.5. The van der Waals surface area contributed by atoms with Crippen molar-refractivity contribution in [1.82, 2.24) is 13.9 Å². The lowest BCUT2D eigenvalue weighted by Gasteiger charge is -2.09. The Labute approximate surface area is 212 Å². The van der Waals surface area contributed by atoms with Crippen LogP contribution in [0, 0.1) is 18.3 Å². The monoisotopic (exact) mass is 521 g/mol. The Morgan fingerprint density at radius 3 is 2.69 bits per heavy atom. The van der Waals surface area contributed by atoms with Crippen LogP contribution < -0.4 is 10.1 Å². The molecule has 0 radical (unpaired) electrons. The molecule has 9 nitrogen and oxygen atoms in total. The van der Waals surface area contributed by atoms with Gasteiger partial charge >= 0.3 is 0 Å². The summed E-state index contributed by atoms with van der Waals surface area (Å²) in [5.74, 6) is 0.166. The van der Waals surface area contributed by atoms with Crippen molar-refractivity contribution in [2.45, 2.75) is 25.0 Å². The second kappa shape index (κ2) is 10.7. The first kappa shape index (κ1) is 25.1. The molecule has 0 saturated heterocycles. The summed E-state index contributed by atoms with van der Waals surface area (Å²) < 4.78 is 34.8. The normalized spacial score (nSPS) is 11.9. The number of para-hydroxylation sites is 2. The van der Waals surface area contributed by atoms with Gasteiger partial charge in [-0.3, -0.25) is 10.1 Å². The molecule has 184 valence electrons. The first-order valence-corrected chi connectivity index (χ1v) is 13.7. The Morgan fingerprint density at radius 1 is 1.22 bits per heavy atom. The third-order valence-electron chi connectivity index (χ3n) is 5.34. The van der Waals surface area contributed by atoms with Crippen molar-refractivity contribution >= 4 is 49.4 Å². The van der Waals surface area contributed by atoms with Gasteiger partial charge in [-0.2, -0.15) is 14.6 Å². The topological polar surface area (TPSA) is 127 Å². The number of sulfone groups is 1. The van der Waals surface area contributed by atoms with Crippen molar-refractivity contribution in [3.63, 3.8) is 0 Å². The number of aryl methyl sites for hydroxylation is 2. The molecule has 0 saturated carbocycles.